The third-order valence-corrected chi connectivity index (χ3v) is 3.08. The first kappa shape index (κ1) is 13.5. The van der Waals surface area contributed by atoms with Crippen molar-refractivity contribution in [1.82, 2.24) is 4.57 Å². The molecule has 0 aliphatic carbocycles. The van der Waals surface area contributed by atoms with Crippen molar-refractivity contribution in [1.29, 1.82) is 0 Å². The average molecular weight is 265 g/mol. The first-order valence-electron chi connectivity index (χ1n) is 6.02. The molecule has 0 aliphatic rings. The van der Waals surface area contributed by atoms with Crippen molar-refractivity contribution in [2.24, 2.45) is 0 Å². The van der Waals surface area contributed by atoms with Gasteiger partial charge < -0.3 is 14.4 Å². The lowest BCUT2D eigenvalue weighted by atomic mass is 10.2. The first-order chi connectivity index (χ1) is 8.97. The predicted octanol–water partition coefficient (Wildman–Crippen LogP) is 2.57. The summed E-state index contributed by atoms with van der Waals surface area (Å²) in [6, 6.07) is 6.18. The standard InChI is InChI=1S/C14H16FNO3/c1-8(2)16-11-6-4-5-10(15)9(11)7-12(16)13(17)14(18)19-3/h4-8,13,17H,1-3H3. The Kier molecular flexibility index (Phi) is 3.57. The number of rotatable bonds is 3. The molecule has 0 saturated carbocycles. The van der Waals surface area contributed by atoms with Crippen molar-refractivity contribution in [2.75, 3.05) is 7.11 Å². The minimum atomic E-state index is -1.42. The molecule has 0 spiro atoms. The topological polar surface area (TPSA) is 51.5 Å². The largest absolute Gasteiger partial charge is 0.467 e. The number of carbonyl (C=O) groups is 1. The number of methoxy groups -OCH3 is 1. The van der Waals surface area contributed by atoms with Gasteiger partial charge in [-0.05, 0) is 32.0 Å². The number of fused-ring (bicyclic) bond motifs is 1. The van der Waals surface area contributed by atoms with Crippen LogP contribution in [0.2, 0.25) is 0 Å². The van der Waals surface area contributed by atoms with E-state index in [9.17, 15) is 14.3 Å². The maximum atomic E-state index is 13.8. The highest BCUT2D eigenvalue weighted by atomic mass is 19.1. The molecule has 0 fully saturated rings. The van der Waals surface area contributed by atoms with E-state index in [4.69, 9.17) is 0 Å². The molecule has 1 heterocycles. The summed E-state index contributed by atoms with van der Waals surface area (Å²) in [5.41, 5.74) is 0.981. The second-order valence-corrected chi connectivity index (χ2v) is 4.63. The Morgan fingerprint density at radius 3 is 2.68 bits per heavy atom. The third-order valence-electron chi connectivity index (χ3n) is 3.08. The SMILES string of the molecule is COC(=O)C(O)c1cc2c(F)cccc2n1C(C)C. The van der Waals surface area contributed by atoms with Crippen LogP contribution >= 0.6 is 0 Å². The molecule has 0 bridgehead atoms. The lowest BCUT2D eigenvalue weighted by Crippen LogP contribution is -2.18. The van der Waals surface area contributed by atoms with Crippen LogP contribution in [0.15, 0.2) is 24.3 Å². The molecule has 2 aromatic rings. The van der Waals surface area contributed by atoms with E-state index >= 15 is 0 Å². The van der Waals surface area contributed by atoms with Gasteiger partial charge >= 0.3 is 5.97 Å². The van der Waals surface area contributed by atoms with Crippen LogP contribution in [-0.2, 0) is 9.53 Å². The fraction of sp³-hybridized carbons (Fsp3) is 0.357. The zero-order chi connectivity index (χ0) is 14.2. The van der Waals surface area contributed by atoms with E-state index in [1.165, 1.54) is 19.2 Å². The van der Waals surface area contributed by atoms with Gasteiger partial charge in [-0.2, -0.15) is 0 Å². The number of benzene rings is 1. The van der Waals surface area contributed by atoms with Crippen LogP contribution in [0.5, 0.6) is 0 Å². The van der Waals surface area contributed by atoms with Gasteiger partial charge in [-0.25, -0.2) is 9.18 Å². The molecule has 4 nitrogen and oxygen atoms in total. The molecule has 5 heteroatoms. The van der Waals surface area contributed by atoms with Gasteiger partial charge in [0.15, 0.2) is 6.10 Å². The lowest BCUT2D eigenvalue weighted by Gasteiger charge is -2.17. The number of hydrogen-bond acceptors (Lipinski definition) is 3. The summed E-state index contributed by atoms with van der Waals surface area (Å²) >= 11 is 0. The Morgan fingerprint density at radius 1 is 1.42 bits per heavy atom. The third kappa shape index (κ3) is 2.21. The van der Waals surface area contributed by atoms with E-state index in [1.807, 2.05) is 13.8 Å². The van der Waals surface area contributed by atoms with E-state index < -0.39 is 12.1 Å². The number of halogens is 1. The van der Waals surface area contributed by atoms with Gasteiger partial charge in [-0.3, -0.25) is 0 Å². The number of hydrogen-bond donors (Lipinski definition) is 1. The number of nitrogens with zero attached hydrogens (tertiary/aromatic N) is 1. The Hall–Kier alpha value is -1.88. The maximum absolute atomic E-state index is 13.8. The van der Waals surface area contributed by atoms with E-state index in [0.717, 1.165) is 0 Å². The summed E-state index contributed by atoms with van der Waals surface area (Å²) in [5, 5.41) is 10.4. The maximum Gasteiger partial charge on any atom is 0.340 e. The van der Waals surface area contributed by atoms with Crippen molar-refractivity contribution < 1.29 is 19.0 Å². The highest BCUT2D eigenvalue weighted by Crippen LogP contribution is 2.30. The lowest BCUT2D eigenvalue weighted by molar-refractivity contribution is -0.151. The molecule has 1 aromatic heterocycles. The van der Waals surface area contributed by atoms with Crippen LogP contribution in [-0.4, -0.2) is 22.8 Å². The minimum Gasteiger partial charge on any atom is -0.467 e. The highest BCUT2D eigenvalue weighted by Gasteiger charge is 2.25. The van der Waals surface area contributed by atoms with Crippen molar-refractivity contribution in [2.45, 2.75) is 26.0 Å². The van der Waals surface area contributed by atoms with Gasteiger partial charge in [0.25, 0.3) is 0 Å². The molecule has 1 aromatic carbocycles. The summed E-state index contributed by atoms with van der Waals surface area (Å²) in [6.45, 7) is 3.80. The molecule has 0 amide bonds. The van der Waals surface area contributed by atoms with Gasteiger partial charge in [-0.1, -0.05) is 6.07 Å². The number of aliphatic hydroxyl groups excluding tert-OH is 1. The fourth-order valence-electron chi connectivity index (χ4n) is 2.25. The molecule has 1 unspecified atom stereocenters. The molecule has 0 saturated heterocycles. The van der Waals surface area contributed by atoms with Crippen molar-refractivity contribution in [3.8, 4) is 0 Å². The number of aliphatic hydroxyl groups is 1. The normalized spacial score (nSPS) is 12.9. The summed E-state index contributed by atoms with van der Waals surface area (Å²) in [6.07, 6.45) is -1.42. The van der Waals surface area contributed by atoms with Crippen molar-refractivity contribution in [3.63, 3.8) is 0 Å². The zero-order valence-corrected chi connectivity index (χ0v) is 11.1. The highest BCUT2D eigenvalue weighted by molar-refractivity contribution is 5.85. The van der Waals surface area contributed by atoms with Crippen LogP contribution in [0, 0.1) is 5.82 Å². The molecule has 1 atom stereocenters. The van der Waals surface area contributed by atoms with Crippen LogP contribution < -0.4 is 0 Å². The minimum absolute atomic E-state index is 0.0198. The second-order valence-electron chi connectivity index (χ2n) is 4.63. The molecule has 19 heavy (non-hydrogen) atoms. The first-order valence-corrected chi connectivity index (χ1v) is 6.02. The molecule has 1 N–H and O–H groups in total. The Bertz CT molecular complexity index is 618. The van der Waals surface area contributed by atoms with Crippen molar-refractivity contribution >= 4 is 16.9 Å². The molecular formula is C14H16FNO3. The van der Waals surface area contributed by atoms with E-state index in [0.29, 0.717) is 16.6 Å². The molecule has 0 aliphatic heterocycles. The van der Waals surface area contributed by atoms with E-state index in [-0.39, 0.29) is 11.9 Å². The quantitative estimate of drug-likeness (QED) is 0.868. The molecule has 0 radical (unpaired) electrons. The molecular weight excluding hydrogens is 249 g/mol. The smallest absolute Gasteiger partial charge is 0.340 e. The average Bonchev–Trinajstić information content (AvgIpc) is 2.77. The van der Waals surface area contributed by atoms with Gasteiger partial charge in [0.2, 0.25) is 0 Å². The number of esters is 1. The van der Waals surface area contributed by atoms with Gasteiger partial charge in [-0.15, -0.1) is 0 Å². The van der Waals surface area contributed by atoms with E-state index in [2.05, 4.69) is 4.74 Å². The molecule has 2 rings (SSSR count). The Labute approximate surface area is 110 Å². The number of aromatic nitrogens is 1. The van der Waals surface area contributed by atoms with Crippen LogP contribution in [0.3, 0.4) is 0 Å². The Balaban J connectivity index is 2.70. The van der Waals surface area contributed by atoms with Crippen LogP contribution in [0.25, 0.3) is 10.9 Å². The van der Waals surface area contributed by atoms with E-state index in [1.54, 1.807) is 16.7 Å². The number of carbonyl (C=O) groups excluding carboxylic acids is 1. The molecule has 102 valence electrons. The van der Waals surface area contributed by atoms with Crippen LogP contribution in [0.1, 0.15) is 31.7 Å². The van der Waals surface area contributed by atoms with Crippen LogP contribution in [0.4, 0.5) is 4.39 Å². The summed E-state index contributed by atoms with van der Waals surface area (Å²) in [5.74, 6) is -1.14. The monoisotopic (exact) mass is 265 g/mol. The van der Waals surface area contributed by atoms with Gasteiger partial charge in [0.05, 0.1) is 18.3 Å². The fourth-order valence-corrected chi connectivity index (χ4v) is 2.25. The summed E-state index contributed by atoms with van der Waals surface area (Å²) in [7, 11) is 1.20. The summed E-state index contributed by atoms with van der Waals surface area (Å²) < 4.78 is 20.0. The van der Waals surface area contributed by atoms with Gasteiger partial charge in [0, 0.05) is 11.4 Å². The summed E-state index contributed by atoms with van der Waals surface area (Å²) in [4.78, 5) is 11.5. The van der Waals surface area contributed by atoms with Gasteiger partial charge in [0.1, 0.15) is 5.82 Å². The number of ether oxygens (including phenoxy) is 1. The Morgan fingerprint density at radius 2 is 2.11 bits per heavy atom. The van der Waals surface area contributed by atoms with Crippen molar-refractivity contribution in [3.05, 3.63) is 35.8 Å². The zero-order valence-electron chi connectivity index (χ0n) is 11.1. The second kappa shape index (κ2) is 5.01. The predicted molar refractivity (Wildman–Crippen MR) is 69.3 cm³/mol.